The number of rotatable bonds is 5. The van der Waals surface area contributed by atoms with E-state index in [4.69, 9.17) is 0 Å². The molecule has 0 aliphatic carbocycles. The van der Waals surface area contributed by atoms with E-state index in [1.807, 2.05) is 13.1 Å². The van der Waals surface area contributed by atoms with Crippen LogP contribution in [0.4, 0.5) is 0 Å². The largest absolute Gasteiger partial charge is 0.349 e. The third-order valence-corrected chi connectivity index (χ3v) is 3.56. The van der Waals surface area contributed by atoms with Crippen LogP contribution in [0.15, 0.2) is 12.3 Å². The van der Waals surface area contributed by atoms with E-state index in [9.17, 15) is 0 Å². The molecule has 2 aromatic rings. The molecule has 0 radical (unpaired) electrons. The molecule has 0 amide bonds. The average Bonchev–Trinajstić information content (AvgIpc) is 2.85. The van der Waals surface area contributed by atoms with Crippen LogP contribution in [-0.2, 0) is 19.6 Å². The van der Waals surface area contributed by atoms with Gasteiger partial charge in [0.1, 0.15) is 0 Å². The lowest BCUT2D eigenvalue weighted by atomic mass is 10.2. The van der Waals surface area contributed by atoms with E-state index < -0.39 is 0 Å². The van der Waals surface area contributed by atoms with Crippen molar-refractivity contribution in [1.82, 2.24) is 20.1 Å². The van der Waals surface area contributed by atoms with Crippen LogP contribution in [0, 0.1) is 20.8 Å². The third kappa shape index (κ3) is 2.48. The maximum absolute atomic E-state index is 4.03. The zero-order valence-corrected chi connectivity index (χ0v) is 11.7. The number of aryl methyl sites for hydroxylation is 2. The van der Waals surface area contributed by atoms with Crippen molar-refractivity contribution in [1.29, 1.82) is 0 Å². The van der Waals surface area contributed by atoms with E-state index in [0.29, 0.717) is 0 Å². The smallest absolute Gasteiger partial charge is 0.0535 e. The van der Waals surface area contributed by atoms with Gasteiger partial charge in [-0.2, -0.15) is 5.10 Å². The van der Waals surface area contributed by atoms with Gasteiger partial charge in [-0.25, -0.2) is 0 Å². The van der Waals surface area contributed by atoms with Crippen LogP contribution in [-0.4, -0.2) is 14.8 Å². The predicted molar refractivity (Wildman–Crippen MR) is 73.4 cm³/mol. The molecule has 2 aromatic heterocycles. The first-order valence-electron chi connectivity index (χ1n) is 6.48. The monoisotopic (exact) mass is 246 g/mol. The minimum absolute atomic E-state index is 0.859. The highest BCUT2D eigenvalue weighted by atomic mass is 15.1. The second-order valence-corrected chi connectivity index (χ2v) is 4.76. The van der Waals surface area contributed by atoms with Gasteiger partial charge in [-0.05, 0) is 39.3 Å². The summed E-state index contributed by atoms with van der Waals surface area (Å²) in [7, 11) is 0. The van der Waals surface area contributed by atoms with Crippen molar-refractivity contribution in [2.24, 2.45) is 0 Å². The summed E-state index contributed by atoms with van der Waals surface area (Å²) in [4.78, 5) is 0. The van der Waals surface area contributed by atoms with Crippen LogP contribution < -0.4 is 5.32 Å². The van der Waals surface area contributed by atoms with Gasteiger partial charge in [-0.15, -0.1) is 0 Å². The Bertz CT molecular complexity index is 522. The minimum Gasteiger partial charge on any atom is -0.349 e. The van der Waals surface area contributed by atoms with E-state index in [-0.39, 0.29) is 0 Å². The van der Waals surface area contributed by atoms with E-state index in [2.05, 4.69) is 46.9 Å². The Morgan fingerprint density at radius 1 is 1.22 bits per heavy atom. The highest BCUT2D eigenvalue weighted by Crippen LogP contribution is 2.14. The van der Waals surface area contributed by atoms with Crippen LogP contribution in [0.3, 0.4) is 0 Å². The first-order chi connectivity index (χ1) is 8.63. The van der Waals surface area contributed by atoms with Crippen molar-refractivity contribution in [2.45, 2.75) is 47.3 Å². The topological polar surface area (TPSA) is 45.6 Å². The Morgan fingerprint density at radius 2 is 1.94 bits per heavy atom. The summed E-state index contributed by atoms with van der Waals surface area (Å²) >= 11 is 0. The van der Waals surface area contributed by atoms with Crippen LogP contribution >= 0.6 is 0 Å². The lowest BCUT2D eigenvalue weighted by Gasteiger charge is -2.07. The summed E-state index contributed by atoms with van der Waals surface area (Å²) in [5.41, 5.74) is 6.47. The molecule has 2 N–H and O–H groups in total. The molecule has 18 heavy (non-hydrogen) atoms. The van der Waals surface area contributed by atoms with Gasteiger partial charge in [0.05, 0.1) is 6.20 Å². The fourth-order valence-electron chi connectivity index (χ4n) is 2.42. The molecule has 0 aromatic carbocycles. The van der Waals surface area contributed by atoms with E-state index in [0.717, 1.165) is 25.3 Å². The molecule has 0 atom stereocenters. The number of aromatic nitrogens is 3. The number of hydrogen-bond donors (Lipinski definition) is 2. The molecule has 2 heterocycles. The SMILES string of the molecule is CCn1c(C)cc(CNCc2cn[nH]c2C)c1C. The zero-order valence-electron chi connectivity index (χ0n) is 11.7. The number of hydrogen-bond acceptors (Lipinski definition) is 2. The average molecular weight is 246 g/mol. The van der Waals surface area contributed by atoms with Crippen molar-refractivity contribution in [2.75, 3.05) is 0 Å². The van der Waals surface area contributed by atoms with E-state index in [1.165, 1.54) is 22.5 Å². The van der Waals surface area contributed by atoms with Gasteiger partial charge in [0.25, 0.3) is 0 Å². The molecule has 0 spiro atoms. The Labute approximate surface area is 108 Å². The molecule has 0 unspecified atom stereocenters. The molecule has 0 saturated carbocycles. The van der Waals surface area contributed by atoms with Crippen molar-refractivity contribution >= 4 is 0 Å². The molecule has 2 rings (SSSR count). The quantitative estimate of drug-likeness (QED) is 0.851. The highest BCUT2D eigenvalue weighted by Gasteiger charge is 2.07. The molecule has 0 fully saturated rings. The summed E-state index contributed by atoms with van der Waals surface area (Å²) in [6, 6.07) is 2.27. The molecule has 4 heteroatoms. The van der Waals surface area contributed by atoms with Crippen LogP contribution in [0.2, 0.25) is 0 Å². The molecule has 0 saturated heterocycles. The van der Waals surface area contributed by atoms with Crippen LogP contribution in [0.25, 0.3) is 0 Å². The maximum Gasteiger partial charge on any atom is 0.0535 e. The van der Waals surface area contributed by atoms with Crippen LogP contribution in [0.1, 0.15) is 35.1 Å². The van der Waals surface area contributed by atoms with Gasteiger partial charge >= 0.3 is 0 Å². The number of H-pyrrole nitrogens is 1. The summed E-state index contributed by atoms with van der Waals surface area (Å²) in [6.07, 6.45) is 1.89. The van der Waals surface area contributed by atoms with Crippen molar-refractivity contribution < 1.29 is 0 Å². The summed E-state index contributed by atoms with van der Waals surface area (Å²) in [6.45, 7) is 11.4. The van der Waals surface area contributed by atoms with Gasteiger partial charge in [-0.1, -0.05) is 0 Å². The first kappa shape index (κ1) is 12.9. The fraction of sp³-hybridized carbons (Fsp3) is 0.500. The predicted octanol–water partition coefficient (Wildman–Crippen LogP) is 2.45. The lowest BCUT2D eigenvalue weighted by Crippen LogP contribution is -2.13. The second-order valence-electron chi connectivity index (χ2n) is 4.76. The van der Waals surface area contributed by atoms with Crippen molar-refractivity contribution in [3.8, 4) is 0 Å². The van der Waals surface area contributed by atoms with Gasteiger partial charge < -0.3 is 9.88 Å². The third-order valence-electron chi connectivity index (χ3n) is 3.56. The minimum atomic E-state index is 0.859. The first-order valence-corrected chi connectivity index (χ1v) is 6.48. The summed E-state index contributed by atoms with van der Waals surface area (Å²) in [5.74, 6) is 0. The van der Waals surface area contributed by atoms with E-state index >= 15 is 0 Å². The molecule has 4 nitrogen and oxygen atoms in total. The molecule has 98 valence electrons. The maximum atomic E-state index is 4.03. The normalized spacial score (nSPS) is 11.1. The van der Waals surface area contributed by atoms with Gasteiger partial charge in [0, 0.05) is 42.3 Å². The Kier molecular flexibility index (Phi) is 3.87. The Hall–Kier alpha value is -1.55. The molecular formula is C14H22N4. The molecular weight excluding hydrogens is 224 g/mol. The second kappa shape index (κ2) is 5.40. The molecule has 0 aliphatic heterocycles. The zero-order chi connectivity index (χ0) is 13.1. The van der Waals surface area contributed by atoms with Crippen LogP contribution in [0.5, 0.6) is 0 Å². The van der Waals surface area contributed by atoms with E-state index in [1.54, 1.807) is 0 Å². The van der Waals surface area contributed by atoms with Gasteiger partial charge in [0.15, 0.2) is 0 Å². The molecule has 0 aliphatic rings. The standard InChI is InChI=1S/C14H22N4/c1-5-18-10(2)6-13(12(18)4)7-15-8-14-9-16-17-11(14)3/h6,9,15H,5,7-8H2,1-4H3,(H,16,17). The van der Waals surface area contributed by atoms with Gasteiger partial charge in [0.2, 0.25) is 0 Å². The Balaban J connectivity index is 1.97. The summed E-state index contributed by atoms with van der Waals surface area (Å²) < 4.78 is 2.35. The summed E-state index contributed by atoms with van der Waals surface area (Å²) in [5, 5.41) is 10.5. The lowest BCUT2D eigenvalue weighted by molar-refractivity contribution is 0.674. The number of nitrogens with one attached hydrogen (secondary N) is 2. The fourth-order valence-corrected chi connectivity index (χ4v) is 2.42. The van der Waals surface area contributed by atoms with Crippen molar-refractivity contribution in [3.05, 3.63) is 40.5 Å². The number of aromatic amines is 1. The molecule has 0 bridgehead atoms. The highest BCUT2D eigenvalue weighted by molar-refractivity contribution is 5.26. The number of nitrogens with zero attached hydrogens (tertiary/aromatic N) is 2. The Morgan fingerprint density at radius 3 is 2.50 bits per heavy atom. The van der Waals surface area contributed by atoms with Gasteiger partial charge in [-0.3, -0.25) is 5.10 Å². The van der Waals surface area contributed by atoms with Crippen molar-refractivity contribution in [3.63, 3.8) is 0 Å².